The zero-order valence-electron chi connectivity index (χ0n) is 14.1. The number of anilines is 1. The van der Waals surface area contributed by atoms with Crippen molar-refractivity contribution in [1.82, 2.24) is 20.1 Å². The summed E-state index contributed by atoms with van der Waals surface area (Å²) in [6.07, 6.45) is 4.13. The highest BCUT2D eigenvalue weighted by Crippen LogP contribution is 2.31. The van der Waals surface area contributed by atoms with Gasteiger partial charge in [0.05, 0.1) is 31.1 Å². The molecule has 0 saturated carbocycles. The molecule has 2 amide bonds. The molecule has 0 aliphatic carbocycles. The molecule has 2 N–H and O–H groups in total. The highest BCUT2D eigenvalue weighted by atomic mass is 16.5. The Morgan fingerprint density at radius 1 is 1.15 bits per heavy atom. The molecule has 7 heteroatoms. The highest BCUT2D eigenvalue weighted by Gasteiger charge is 2.22. The molecule has 0 bridgehead atoms. The van der Waals surface area contributed by atoms with E-state index in [1.165, 1.54) is 0 Å². The first-order valence-electron chi connectivity index (χ1n) is 8.50. The summed E-state index contributed by atoms with van der Waals surface area (Å²) in [4.78, 5) is 16.8. The summed E-state index contributed by atoms with van der Waals surface area (Å²) in [6.45, 7) is 1.07. The molecule has 3 aromatic rings. The lowest BCUT2D eigenvalue weighted by Crippen LogP contribution is -2.35. The lowest BCUT2D eigenvalue weighted by Gasteiger charge is -2.26. The van der Waals surface area contributed by atoms with Crippen molar-refractivity contribution >= 4 is 11.8 Å². The number of aromatic nitrogens is 3. The molecule has 26 heavy (non-hydrogen) atoms. The number of carbonyl (C=O) groups is 1. The molecule has 1 aliphatic heterocycles. The monoisotopic (exact) mass is 349 g/mol. The highest BCUT2D eigenvalue weighted by molar-refractivity contribution is 5.88. The number of nitrogens with zero attached hydrogens (tertiary/aromatic N) is 3. The summed E-state index contributed by atoms with van der Waals surface area (Å²) in [5.41, 5.74) is 1.87. The number of hydrogen-bond donors (Lipinski definition) is 2. The topological polar surface area (TPSA) is 81.1 Å². The van der Waals surface area contributed by atoms with E-state index in [1.54, 1.807) is 23.1 Å². The van der Waals surface area contributed by atoms with Crippen molar-refractivity contribution in [2.45, 2.75) is 19.0 Å². The predicted molar refractivity (Wildman–Crippen MR) is 97.0 cm³/mol. The Bertz CT molecular complexity index is 894. The summed E-state index contributed by atoms with van der Waals surface area (Å²) in [5, 5.41) is 10.1. The van der Waals surface area contributed by atoms with Gasteiger partial charge in [0.1, 0.15) is 11.6 Å². The fraction of sp³-hybridized carbons (Fsp3) is 0.211. The molecule has 3 heterocycles. The minimum absolute atomic E-state index is 0.0767. The average Bonchev–Trinajstić information content (AvgIpc) is 3.09. The standard InChI is InChI=1S/C19H19N5O2/c25-19(22-16-9-12-26-17-7-2-1-6-15(16)17)23-18-8-11-21-24(18)13-14-5-3-4-10-20-14/h1-8,10-11,16H,9,12-13H2,(H2,22,23,25). The van der Waals surface area contributed by atoms with Crippen LogP contribution < -0.4 is 15.4 Å². The van der Waals surface area contributed by atoms with Crippen LogP contribution in [0.3, 0.4) is 0 Å². The van der Waals surface area contributed by atoms with Gasteiger partial charge in [0.25, 0.3) is 0 Å². The summed E-state index contributed by atoms with van der Waals surface area (Å²) in [5.74, 6) is 1.44. The lowest BCUT2D eigenvalue weighted by atomic mass is 10.0. The van der Waals surface area contributed by atoms with Crippen LogP contribution in [0.2, 0.25) is 0 Å². The smallest absolute Gasteiger partial charge is 0.320 e. The molecule has 1 atom stereocenters. The van der Waals surface area contributed by atoms with Crippen molar-refractivity contribution < 1.29 is 9.53 Å². The normalized spacial score (nSPS) is 15.6. The number of rotatable bonds is 4. The number of pyridine rings is 1. The van der Waals surface area contributed by atoms with Crippen LogP contribution in [-0.2, 0) is 6.54 Å². The lowest BCUT2D eigenvalue weighted by molar-refractivity contribution is 0.232. The molecule has 132 valence electrons. The number of ether oxygens (including phenoxy) is 1. The third-order valence-corrected chi connectivity index (χ3v) is 4.26. The molecule has 2 aromatic heterocycles. The van der Waals surface area contributed by atoms with Crippen molar-refractivity contribution in [3.63, 3.8) is 0 Å². The van der Waals surface area contributed by atoms with Gasteiger partial charge in [0, 0.05) is 24.2 Å². The van der Waals surface area contributed by atoms with E-state index in [4.69, 9.17) is 4.74 Å². The van der Waals surface area contributed by atoms with Gasteiger partial charge in [0.2, 0.25) is 0 Å². The molecule has 0 radical (unpaired) electrons. The fourth-order valence-electron chi connectivity index (χ4n) is 3.01. The fourth-order valence-corrected chi connectivity index (χ4v) is 3.01. The van der Waals surface area contributed by atoms with Gasteiger partial charge in [-0.3, -0.25) is 10.3 Å². The van der Waals surface area contributed by atoms with Crippen molar-refractivity contribution in [1.29, 1.82) is 0 Å². The Morgan fingerprint density at radius 3 is 2.92 bits per heavy atom. The number of benzene rings is 1. The zero-order chi connectivity index (χ0) is 17.8. The number of amides is 2. The van der Waals surface area contributed by atoms with E-state index >= 15 is 0 Å². The van der Waals surface area contributed by atoms with Crippen molar-refractivity contribution in [2.75, 3.05) is 11.9 Å². The molecular formula is C19H19N5O2. The SMILES string of the molecule is O=C(Nc1ccnn1Cc1ccccn1)NC1CCOc2ccccc21. The van der Waals surface area contributed by atoms with Crippen molar-refractivity contribution in [3.05, 3.63) is 72.2 Å². The van der Waals surface area contributed by atoms with E-state index in [0.29, 0.717) is 19.0 Å². The molecule has 0 spiro atoms. The van der Waals surface area contributed by atoms with E-state index in [0.717, 1.165) is 23.4 Å². The molecule has 4 rings (SSSR count). The quantitative estimate of drug-likeness (QED) is 0.759. The van der Waals surface area contributed by atoms with Crippen LogP contribution in [0.15, 0.2) is 60.9 Å². The van der Waals surface area contributed by atoms with Crippen LogP contribution >= 0.6 is 0 Å². The predicted octanol–water partition coefficient (Wildman–Crippen LogP) is 2.97. The van der Waals surface area contributed by atoms with Crippen molar-refractivity contribution in [3.8, 4) is 5.75 Å². The van der Waals surface area contributed by atoms with E-state index < -0.39 is 0 Å². The van der Waals surface area contributed by atoms with Gasteiger partial charge < -0.3 is 10.1 Å². The summed E-state index contributed by atoms with van der Waals surface area (Å²) >= 11 is 0. The zero-order valence-corrected chi connectivity index (χ0v) is 14.1. The maximum absolute atomic E-state index is 12.5. The van der Waals surface area contributed by atoms with Gasteiger partial charge >= 0.3 is 6.03 Å². The summed E-state index contributed by atoms with van der Waals surface area (Å²) < 4.78 is 7.34. The Hall–Kier alpha value is -3.35. The van der Waals surface area contributed by atoms with Gasteiger partial charge in [-0.2, -0.15) is 5.10 Å². The Kier molecular flexibility index (Phi) is 4.51. The molecule has 1 aromatic carbocycles. The maximum Gasteiger partial charge on any atom is 0.320 e. The van der Waals surface area contributed by atoms with Crippen LogP contribution in [0.1, 0.15) is 23.7 Å². The third-order valence-electron chi connectivity index (χ3n) is 4.26. The molecular weight excluding hydrogens is 330 g/mol. The first-order chi connectivity index (χ1) is 12.8. The van der Waals surface area contributed by atoms with Gasteiger partial charge in [-0.15, -0.1) is 0 Å². The van der Waals surface area contributed by atoms with E-state index in [9.17, 15) is 4.79 Å². The minimum atomic E-state index is -0.269. The van der Waals surface area contributed by atoms with Crippen LogP contribution in [0.25, 0.3) is 0 Å². The molecule has 1 aliphatic rings. The Morgan fingerprint density at radius 2 is 2.04 bits per heavy atom. The van der Waals surface area contributed by atoms with E-state index in [2.05, 4.69) is 20.7 Å². The number of carbonyl (C=O) groups excluding carboxylic acids is 1. The van der Waals surface area contributed by atoms with Crippen LogP contribution in [0.5, 0.6) is 5.75 Å². The largest absolute Gasteiger partial charge is 0.493 e. The number of hydrogen-bond acceptors (Lipinski definition) is 4. The average molecular weight is 349 g/mol. The van der Waals surface area contributed by atoms with E-state index in [1.807, 2.05) is 42.5 Å². The first-order valence-corrected chi connectivity index (χ1v) is 8.50. The first kappa shape index (κ1) is 16.1. The third kappa shape index (κ3) is 3.51. The summed E-state index contributed by atoms with van der Waals surface area (Å²) in [6, 6.07) is 14.9. The number of urea groups is 1. The molecule has 0 saturated heterocycles. The van der Waals surface area contributed by atoms with Crippen molar-refractivity contribution in [2.24, 2.45) is 0 Å². The van der Waals surface area contributed by atoms with Gasteiger partial charge in [-0.05, 0) is 18.2 Å². The second-order valence-electron chi connectivity index (χ2n) is 6.02. The second kappa shape index (κ2) is 7.26. The molecule has 7 nitrogen and oxygen atoms in total. The minimum Gasteiger partial charge on any atom is -0.493 e. The maximum atomic E-state index is 12.5. The van der Waals surface area contributed by atoms with Crippen LogP contribution in [0.4, 0.5) is 10.6 Å². The number of nitrogens with one attached hydrogen (secondary N) is 2. The molecule has 1 unspecified atom stereocenters. The number of fused-ring (bicyclic) bond motifs is 1. The van der Waals surface area contributed by atoms with Gasteiger partial charge in [-0.1, -0.05) is 24.3 Å². The van der Waals surface area contributed by atoms with Gasteiger partial charge in [0.15, 0.2) is 0 Å². The van der Waals surface area contributed by atoms with Gasteiger partial charge in [-0.25, -0.2) is 9.48 Å². The number of para-hydroxylation sites is 1. The Balaban J connectivity index is 1.43. The second-order valence-corrected chi connectivity index (χ2v) is 6.02. The summed E-state index contributed by atoms with van der Waals surface area (Å²) in [7, 11) is 0. The Labute approximate surface area is 151 Å². The van der Waals surface area contributed by atoms with E-state index in [-0.39, 0.29) is 12.1 Å². The molecule has 0 fully saturated rings. The van der Waals surface area contributed by atoms with Crippen LogP contribution in [0, 0.1) is 0 Å². The van der Waals surface area contributed by atoms with Crippen LogP contribution in [-0.4, -0.2) is 27.4 Å².